The van der Waals surface area contributed by atoms with Crippen LogP contribution in [0.1, 0.15) is 25.1 Å². The van der Waals surface area contributed by atoms with E-state index in [4.69, 9.17) is 0 Å². The van der Waals surface area contributed by atoms with Gasteiger partial charge in [-0.1, -0.05) is 5.16 Å². The Bertz CT molecular complexity index is 354. The summed E-state index contributed by atoms with van der Waals surface area (Å²) >= 11 is 0. The maximum Gasteiger partial charge on any atom is 0.455 e. The monoisotopic (exact) mass is 221 g/mol. The smallest absolute Gasteiger partial charge is 0.338 e. The minimum atomic E-state index is -4.54. The Kier molecular flexibility index (Phi) is 2.22. The van der Waals surface area contributed by atoms with Crippen molar-refractivity contribution in [2.75, 3.05) is 13.1 Å². The predicted octanol–water partition coefficient (Wildman–Crippen LogP) is 1.34. The second-order valence-corrected chi connectivity index (χ2v) is 3.91. The summed E-state index contributed by atoms with van der Waals surface area (Å²) in [5, 5.41) is 5.99. The molecule has 0 saturated carbocycles. The molecule has 0 bridgehead atoms. The van der Waals surface area contributed by atoms with Gasteiger partial charge in [0.25, 0.3) is 5.82 Å². The van der Waals surface area contributed by atoms with Crippen molar-refractivity contribution in [1.29, 1.82) is 0 Å². The van der Waals surface area contributed by atoms with Crippen LogP contribution in [0.4, 0.5) is 13.2 Å². The molecule has 1 fully saturated rings. The van der Waals surface area contributed by atoms with Gasteiger partial charge < -0.3 is 9.84 Å². The largest absolute Gasteiger partial charge is 0.455 e. The molecule has 15 heavy (non-hydrogen) atoms. The maximum atomic E-state index is 12.2. The molecule has 1 N–H and O–H groups in total. The average molecular weight is 221 g/mol. The first-order chi connectivity index (χ1) is 6.92. The molecule has 2 rings (SSSR count). The van der Waals surface area contributed by atoms with Gasteiger partial charge in [-0.2, -0.15) is 18.2 Å². The van der Waals surface area contributed by atoms with Crippen molar-refractivity contribution >= 4 is 0 Å². The molecule has 2 heterocycles. The summed E-state index contributed by atoms with van der Waals surface area (Å²) in [7, 11) is 0. The van der Waals surface area contributed by atoms with Crippen molar-refractivity contribution in [3.05, 3.63) is 11.7 Å². The Balaban J connectivity index is 2.27. The third kappa shape index (κ3) is 1.83. The molecule has 1 saturated heterocycles. The van der Waals surface area contributed by atoms with Crippen LogP contribution in [0.2, 0.25) is 0 Å². The fourth-order valence-electron chi connectivity index (χ4n) is 1.58. The van der Waals surface area contributed by atoms with Gasteiger partial charge in [0, 0.05) is 6.54 Å². The van der Waals surface area contributed by atoms with Crippen LogP contribution in [0.3, 0.4) is 0 Å². The van der Waals surface area contributed by atoms with E-state index < -0.39 is 17.4 Å². The van der Waals surface area contributed by atoms with Crippen LogP contribution in [0.25, 0.3) is 0 Å². The average Bonchev–Trinajstić information content (AvgIpc) is 2.69. The van der Waals surface area contributed by atoms with Gasteiger partial charge in [0.2, 0.25) is 5.89 Å². The van der Waals surface area contributed by atoms with Crippen molar-refractivity contribution in [2.45, 2.75) is 24.9 Å². The van der Waals surface area contributed by atoms with Crippen molar-refractivity contribution < 1.29 is 17.7 Å². The molecule has 1 aromatic rings. The van der Waals surface area contributed by atoms with E-state index in [0.717, 1.165) is 6.54 Å². The summed E-state index contributed by atoms with van der Waals surface area (Å²) in [4.78, 5) is 3.39. The number of halogens is 3. The normalized spacial score (nSPS) is 27.2. The summed E-state index contributed by atoms with van der Waals surface area (Å²) in [5.41, 5.74) is -0.476. The zero-order valence-corrected chi connectivity index (χ0v) is 8.06. The molecule has 0 amide bonds. The number of rotatable bonds is 1. The highest BCUT2D eigenvalue weighted by Crippen LogP contribution is 2.32. The Hall–Kier alpha value is -1.11. The van der Waals surface area contributed by atoms with Gasteiger partial charge in [-0.3, -0.25) is 0 Å². The van der Waals surface area contributed by atoms with Crippen molar-refractivity contribution in [3.63, 3.8) is 0 Å². The van der Waals surface area contributed by atoms with E-state index in [9.17, 15) is 13.2 Å². The summed E-state index contributed by atoms with van der Waals surface area (Å²) in [6, 6.07) is 0. The minimum absolute atomic E-state index is 0.0554. The lowest BCUT2D eigenvalue weighted by Crippen LogP contribution is -2.25. The minimum Gasteiger partial charge on any atom is -0.338 e. The second-order valence-electron chi connectivity index (χ2n) is 3.91. The highest BCUT2D eigenvalue weighted by atomic mass is 19.4. The van der Waals surface area contributed by atoms with Gasteiger partial charge in [0.1, 0.15) is 0 Å². The molecule has 4 nitrogen and oxygen atoms in total. The molecule has 0 aliphatic carbocycles. The molecular weight excluding hydrogens is 211 g/mol. The van der Waals surface area contributed by atoms with Crippen molar-refractivity contribution in [3.8, 4) is 0 Å². The van der Waals surface area contributed by atoms with E-state index in [1.165, 1.54) is 0 Å². The molecule has 7 heteroatoms. The fraction of sp³-hybridized carbons (Fsp3) is 0.750. The topological polar surface area (TPSA) is 51.0 Å². The van der Waals surface area contributed by atoms with E-state index in [-0.39, 0.29) is 5.89 Å². The molecular formula is C8H10F3N3O. The van der Waals surface area contributed by atoms with E-state index in [1.54, 1.807) is 6.92 Å². The van der Waals surface area contributed by atoms with Gasteiger partial charge in [-0.15, -0.1) is 0 Å². The van der Waals surface area contributed by atoms with Gasteiger partial charge in [0.15, 0.2) is 0 Å². The van der Waals surface area contributed by atoms with Crippen LogP contribution >= 0.6 is 0 Å². The standard InChI is InChI=1S/C8H10F3N3O/c1-7(2-3-12-4-7)6-13-5(14-15-6)8(9,10)11/h12H,2-4H2,1H3. The highest BCUT2D eigenvalue weighted by Gasteiger charge is 2.41. The lowest BCUT2D eigenvalue weighted by Gasteiger charge is -2.15. The molecule has 0 aromatic carbocycles. The summed E-state index contributed by atoms with van der Waals surface area (Å²) < 4.78 is 41.3. The van der Waals surface area contributed by atoms with Crippen LogP contribution in [-0.2, 0) is 11.6 Å². The Morgan fingerprint density at radius 3 is 2.67 bits per heavy atom. The summed E-state index contributed by atoms with van der Waals surface area (Å²) in [6.07, 6.45) is -3.84. The van der Waals surface area contributed by atoms with Gasteiger partial charge in [-0.25, -0.2) is 0 Å². The zero-order chi connectivity index (χ0) is 11.1. The fourth-order valence-corrected chi connectivity index (χ4v) is 1.58. The quantitative estimate of drug-likeness (QED) is 0.777. The Labute approximate surface area is 83.8 Å². The van der Waals surface area contributed by atoms with Crippen LogP contribution in [0.15, 0.2) is 4.52 Å². The number of aromatic nitrogens is 2. The first-order valence-electron chi connectivity index (χ1n) is 4.54. The second kappa shape index (κ2) is 3.19. The zero-order valence-electron chi connectivity index (χ0n) is 8.06. The highest BCUT2D eigenvalue weighted by molar-refractivity contribution is 5.08. The van der Waals surface area contributed by atoms with Crippen molar-refractivity contribution in [1.82, 2.24) is 15.5 Å². The lowest BCUT2D eigenvalue weighted by atomic mass is 9.90. The lowest BCUT2D eigenvalue weighted by molar-refractivity contribution is -0.146. The van der Waals surface area contributed by atoms with Crippen LogP contribution in [0, 0.1) is 0 Å². The molecule has 0 spiro atoms. The Morgan fingerprint density at radius 1 is 1.47 bits per heavy atom. The summed E-state index contributed by atoms with van der Waals surface area (Å²) in [6.45, 7) is 3.12. The van der Waals surface area contributed by atoms with Crippen molar-refractivity contribution in [2.24, 2.45) is 0 Å². The SMILES string of the molecule is CC1(c2nc(C(F)(F)F)no2)CCNC1. The van der Waals surface area contributed by atoms with Crippen LogP contribution in [-0.4, -0.2) is 23.2 Å². The molecule has 0 radical (unpaired) electrons. The van der Waals surface area contributed by atoms with E-state index in [1.807, 2.05) is 0 Å². The molecule has 1 aliphatic rings. The number of hydrogen-bond donors (Lipinski definition) is 1. The Morgan fingerprint density at radius 2 is 2.20 bits per heavy atom. The van der Waals surface area contributed by atoms with Gasteiger partial charge in [-0.05, 0) is 19.9 Å². The molecule has 1 unspecified atom stereocenters. The third-order valence-electron chi connectivity index (χ3n) is 2.56. The summed E-state index contributed by atoms with van der Waals surface area (Å²) in [5.74, 6) is -1.15. The first kappa shape index (κ1) is 10.4. The molecule has 1 atom stereocenters. The molecule has 1 aliphatic heterocycles. The van der Waals surface area contributed by atoms with E-state index in [0.29, 0.717) is 13.0 Å². The molecule has 1 aromatic heterocycles. The van der Waals surface area contributed by atoms with Crippen LogP contribution < -0.4 is 5.32 Å². The number of nitrogens with one attached hydrogen (secondary N) is 1. The first-order valence-corrected chi connectivity index (χ1v) is 4.54. The maximum absolute atomic E-state index is 12.2. The number of nitrogens with zero attached hydrogens (tertiary/aromatic N) is 2. The van der Waals surface area contributed by atoms with Gasteiger partial charge in [0.05, 0.1) is 5.41 Å². The number of alkyl halides is 3. The molecule has 84 valence electrons. The van der Waals surface area contributed by atoms with E-state index >= 15 is 0 Å². The van der Waals surface area contributed by atoms with Crippen LogP contribution in [0.5, 0.6) is 0 Å². The van der Waals surface area contributed by atoms with E-state index in [2.05, 4.69) is 20.0 Å². The number of hydrogen-bond acceptors (Lipinski definition) is 4. The third-order valence-corrected chi connectivity index (χ3v) is 2.56. The van der Waals surface area contributed by atoms with Gasteiger partial charge >= 0.3 is 6.18 Å². The predicted molar refractivity (Wildman–Crippen MR) is 44.1 cm³/mol.